The second-order valence-corrected chi connectivity index (χ2v) is 5.49. The molecule has 1 aliphatic rings. The number of aliphatic hydroxyl groups excluding tert-OH is 8. The molecular weight excluding hydrogens is 332 g/mol. The molecule has 24 heavy (non-hydrogen) atoms. The molecule has 1 fully saturated rings. The van der Waals surface area contributed by atoms with Crippen LogP contribution in [0, 0.1) is 0 Å². The Morgan fingerprint density at radius 2 is 1.62 bits per heavy atom. The van der Waals surface area contributed by atoms with Crippen molar-refractivity contribution in [3.8, 4) is 0 Å². The van der Waals surface area contributed by atoms with Crippen molar-refractivity contribution in [2.75, 3.05) is 19.8 Å². The summed E-state index contributed by atoms with van der Waals surface area (Å²) in [5.41, 5.74) is 0. The zero-order chi connectivity index (χ0) is 18.4. The molecule has 9 unspecified atom stereocenters. The van der Waals surface area contributed by atoms with E-state index in [2.05, 4.69) is 0 Å². The van der Waals surface area contributed by atoms with Crippen LogP contribution in [0.15, 0.2) is 0 Å². The third-order valence-corrected chi connectivity index (χ3v) is 3.70. The Morgan fingerprint density at radius 3 is 2.12 bits per heavy atom. The first-order valence-corrected chi connectivity index (χ1v) is 7.46. The first-order chi connectivity index (χ1) is 11.3. The molecule has 144 valence electrons. The van der Waals surface area contributed by atoms with Crippen molar-refractivity contribution < 1.29 is 55.1 Å². The van der Waals surface area contributed by atoms with Crippen LogP contribution in [0.5, 0.6) is 0 Å². The van der Waals surface area contributed by atoms with Gasteiger partial charge in [0.25, 0.3) is 0 Å². The number of hydrogen-bond donors (Lipinski definition) is 8. The van der Waals surface area contributed by atoms with Crippen LogP contribution in [0.3, 0.4) is 0 Å². The topological polar surface area (TPSA) is 190 Å². The lowest BCUT2D eigenvalue weighted by atomic mass is 9.99. The quantitative estimate of drug-likeness (QED) is 0.185. The molecule has 0 saturated carbocycles. The van der Waals surface area contributed by atoms with Crippen molar-refractivity contribution in [1.82, 2.24) is 0 Å². The fourth-order valence-electron chi connectivity index (χ4n) is 2.32. The molecule has 0 aliphatic carbocycles. The standard InChI is InChI=1S/C13H26O11/c1-5(22-7(3-15)9(18)6(17)2-14)23-12-8(4-16)24-13(21)11(20)10(12)19/h5-21H,2-4H2,1H3. The highest BCUT2D eigenvalue weighted by molar-refractivity contribution is 4.90. The number of rotatable bonds is 9. The molecule has 0 amide bonds. The molecule has 1 saturated heterocycles. The Balaban J connectivity index is 2.68. The van der Waals surface area contributed by atoms with Gasteiger partial charge in [-0.15, -0.1) is 0 Å². The van der Waals surface area contributed by atoms with E-state index in [0.29, 0.717) is 0 Å². The third-order valence-electron chi connectivity index (χ3n) is 3.70. The molecule has 1 aliphatic heterocycles. The molecule has 9 atom stereocenters. The fourth-order valence-corrected chi connectivity index (χ4v) is 2.32. The van der Waals surface area contributed by atoms with E-state index in [4.69, 9.17) is 19.3 Å². The summed E-state index contributed by atoms with van der Waals surface area (Å²) in [5.74, 6) is 0. The van der Waals surface area contributed by atoms with Gasteiger partial charge in [0, 0.05) is 0 Å². The summed E-state index contributed by atoms with van der Waals surface area (Å²) in [7, 11) is 0. The van der Waals surface area contributed by atoms with Gasteiger partial charge in [-0.05, 0) is 6.92 Å². The Hall–Kier alpha value is -0.440. The molecule has 11 heteroatoms. The van der Waals surface area contributed by atoms with Gasteiger partial charge in [0.2, 0.25) is 0 Å². The Kier molecular flexibility index (Phi) is 8.90. The van der Waals surface area contributed by atoms with Crippen molar-refractivity contribution in [2.24, 2.45) is 0 Å². The number of hydrogen-bond acceptors (Lipinski definition) is 11. The van der Waals surface area contributed by atoms with Crippen LogP contribution in [-0.2, 0) is 14.2 Å². The summed E-state index contributed by atoms with van der Waals surface area (Å²) in [6.45, 7) is -0.713. The smallest absolute Gasteiger partial charge is 0.184 e. The molecule has 0 spiro atoms. The van der Waals surface area contributed by atoms with Crippen molar-refractivity contribution >= 4 is 0 Å². The van der Waals surface area contributed by atoms with Crippen LogP contribution in [0.2, 0.25) is 0 Å². The summed E-state index contributed by atoms with van der Waals surface area (Å²) < 4.78 is 15.4. The number of aliphatic hydroxyl groups is 8. The Morgan fingerprint density at radius 1 is 1.00 bits per heavy atom. The summed E-state index contributed by atoms with van der Waals surface area (Å²) in [5, 5.41) is 75.2. The first kappa shape index (κ1) is 21.6. The van der Waals surface area contributed by atoms with E-state index in [0.717, 1.165) is 0 Å². The second kappa shape index (κ2) is 9.89. The van der Waals surface area contributed by atoms with Crippen LogP contribution >= 0.6 is 0 Å². The summed E-state index contributed by atoms with van der Waals surface area (Å²) in [4.78, 5) is 0. The van der Waals surface area contributed by atoms with Gasteiger partial charge in [0.05, 0.1) is 19.8 Å². The minimum atomic E-state index is -1.69. The zero-order valence-electron chi connectivity index (χ0n) is 13.1. The second-order valence-electron chi connectivity index (χ2n) is 5.49. The lowest BCUT2D eigenvalue weighted by Crippen LogP contribution is -2.60. The van der Waals surface area contributed by atoms with E-state index in [9.17, 15) is 35.7 Å². The maximum Gasteiger partial charge on any atom is 0.184 e. The normalized spacial score (nSPS) is 36.1. The molecular formula is C13H26O11. The minimum Gasteiger partial charge on any atom is -0.394 e. The van der Waals surface area contributed by atoms with Gasteiger partial charge >= 0.3 is 0 Å². The summed E-state index contributed by atoms with van der Waals surface area (Å²) in [6, 6.07) is 0. The van der Waals surface area contributed by atoms with E-state index in [1.807, 2.05) is 0 Å². The molecule has 0 radical (unpaired) electrons. The molecule has 11 nitrogen and oxygen atoms in total. The first-order valence-electron chi connectivity index (χ1n) is 7.46. The van der Waals surface area contributed by atoms with Crippen LogP contribution in [-0.4, -0.2) is 116 Å². The van der Waals surface area contributed by atoms with Gasteiger partial charge in [-0.2, -0.15) is 0 Å². The molecule has 0 bridgehead atoms. The van der Waals surface area contributed by atoms with Crippen molar-refractivity contribution in [1.29, 1.82) is 0 Å². The molecule has 1 rings (SSSR count). The van der Waals surface area contributed by atoms with Gasteiger partial charge in [-0.25, -0.2) is 0 Å². The van der Waals surface area contributed by atoms with Crippen LogP contribution < -0.4 is 0 Å². The van der Waals surface area contributed by atoms with Gasteiger partial charge in [-0.3, -0.25) is 0 Å². The predicted molar refractivity (Wildman–Crippen MR) is 75.4 cm³/mol. The van der Waals surface area contributed by atoms with E-state index < -0.39 is 75.1 Å². The van der Waals surface area contributed by atoms with E-state index in [-0.39, 0.29) is 0 Å². The molecule has 0 aromatic rings. The SMILES string of the molecule is CC(OC(CO)C(O)C(O)CO)OC1C(CO)OC(O)C(O)C1O. The average Bonchev–Trinajstić information content (AvgIpc) is 2.58. The molecule has 1 heterocycles. The molecule has 0 aromatic heterocycles. The van der Waals surface area contributed by atoms with Gasteiger partial charge < -0.3 is 55.1 Å². The number of ether oxygens (including phenoxy) is 3. The molecule has 8 N–H and O–H groups in total. The highest BCUT2D eigenvalue weighted by Crippen LogP contribution is 2.24. The highest BCUT2D eigenvalue weighted by Gasteiger charge is 2.45. The monoisotopic (exact) mass is 358 g/mol. The van der Waals surface area contributed by atoms with Crippen LogP contribution in [0.25, 0.3) is 0 Å². The Labute approximate surface area is 138 Å². The lowest BCUT2D eigenvalue weighted by Gasteiger charge is -2.41. The third kappa shape index (κ3) is 5.28. The van der Waals surface area contributed by atoms with E-state index in [1.54, 1.807) is 0 Å². The lowest BCUT2D eigenvalue weighted by molar-refractivity contribution is -0.322. The Bertz CT molecular complexity index is 355. The maximum absolute atomic E-state index is 9.93. The van der Waals surface area contributed by atoms with Crippen LogP contribution in [0.1, 0.15) is 6.92 Å². The summed E-state index contributed by atoms with van der Waals surface area (Å²) in [6.07, 6.45) is -13.0. The molecule has 0 aromatic carbocycles. The largest absolute Gasteiger partial charge is 0.394 e. The van der Waals surface area contributed by atoms with Crippen molar-refractivity contribution in [2.45, 2.75) is 62.2 Å². The minimum absolute atomic E-state index is 0.618. The summed E-state index contributed by atoms with van der Waals surface area (Å²) >= 11 is 0. The van der Waals surface area contributed by atoms with Gasteiger partial charge in [-0.1, -0.05) is 0 Å². The highest BCUT2D eigenvalue weighted by atomic mass is 16.7. The predicted octanol–water partition coefficient (Wildman–Crippen LogP) is -4.76. The maximum atomic E-state index is 9.93. The average molecular weight is 358 g/mol. The van der Waals surface area contributed by atoms with Gasteiger partial charge in [0.1, 0.15) is 42.7 Å². The fraction of sp³-hybridized carbons (Fsp3) is 1.00. The van der Waals surface area contributed by atoms with Crippen molar-refractivity contribution in [3.63, 3.8) is 0 Å². The van der Waals surface area contributed by atoms with Crippen molar-refractivity contribution in [3.05, 3.63) is 0 Å². The van der Waals surface area contributed by atoms with E-state index >= 15 is 0 Å². The zero-order valence-corrected chi connectivity index (χ0v) is 13.1. The van der Waals surface area contributed by atoms with Gasteiger partial charge in [0.15, 0.2) is 12.6 Å². The van der Waals surface area contributed by atoms with Crippen LogP contribution in [0.4, 0.5) is 0 Å². The van der Waals surface area contributed by atoms with E-state index in [1.165, 1.54) is 6.92 Å².